The van der Waals surface area contributed by atoms with Gasteiger partial charge in [-0.2, -0.15) is 0 Å². The van der Waals surface area contributed by atoms with Crippen LogP contribution in [0, 0.1) is 0 Å². The van der Waals surface area contributed by atoms with Gasteiger partial charge in [0, 0.05) is 14.2 Å². The van der Waals surface area contributed by atoms with Crippen LogP contribution in [0.2, 0.25) is 0 Å². The Kier molecular flexibility index (Phi) is 7.26. The molecule has 24 heavy (non-hydrogen) atoms. The van der Waals surface area contributed by atoms with Crippen molar-refractivity contribution in [2.75, 3.05) is 27.4 Å². The molecule has 0 aliphatic rings. The molecule has 2 aromatic rings. The molecule has 2 rings (SSSR count). The van der Waals surface area contributed by atoms with E-state index in [4.69, 9.17) is 18.9 Å². The largest absolute Gasteiger partial charge is 0.509 e. The van der Waals surface area contributed by atoms with Gasteiger partial charge in [0.25, 0.3) is 0 Å². The van der Waals surface area contributed by atoms with E-state index < -0.39 is 12.3 Å². The number of hydrogen-bond acceptors (Lipinski definition) is 5. The lowest BCUT2D eigenvalue weighted by molar-refractivity contribution is -0.0303. The van der Waals surface area contributed by atoms with Crippen molar-refractivity contribution in [1.82, 2.24) is 0 Å². The van der Waals surface area contributed by atoms with Crippen LogP contribution in [-0.4, -0.2) is 33.6 Å². The van der Waals surface area contributed by atoms with Gasteiger partial charge >= 0.3 is 6.16 Å². The highest BCUT2D eigenvalue weighted by molar-refractivity contribution is 5.60. The van der Waals surface area contributed by atoms with E-state index in [1.165, 1.54) is 0 Å². The minimum Gasteiger partial charge on any atom is -0.431 e. The van der Waals surface area contributed by atoms with Gasteiger partial charge in [-0.15, -0.1) is 0 Å². The normalized spacial score (nSPS) is 13.1. The van der Waals surface area contributed by atoms with E-state index in [0.29, 0.717) is 0 Å². The van der Waals surface area contributed by atoms with Crippen LogP contribution in [0.5, 0.6) is 0 Å². The molecule has 0 saturated carbocycles. The molecule has 0 heterocycles. The highest BCUT2D eigenvalue weighted by atomic mass is 16.7. The van der Waals surface area contributed by atoms with Crippen molar-refractivity contribution in [3.05, 3.63) is 71.8 Å². The minimum atomic E-state index is -0.751. The number of carbonyl (C=O) groups excluding carboxylic acids is 1. The maximum Gasteiger partial charge on any atom is 0.509 e. The molecule has 5 nitrogen and oxygen atoms in total. The third-order valence-corrected chi connectivity index (χ3v) is 3.54. The summed E-state index contributed by atoms with van der Waals surface area (Å²) in [5.74, 6) is 0. The van der Waals surface area contributed by atoms with Crippen LogP contribution in [-0.2, 0) is 18.9 Å². The van der Waals surface area contributed by atoms with E-state index in [0.717, 1.165) is 11.1 Å². The predicted octanol–water partition coefficient (Wildman–Crippen LogP) is 3.92. The van der Waals surface area contributed by atoms with Gasteiger partial charge in [-0.1, -0.05) is 60.7 Å². The monoisotopic (exact) mass is 330 g/mol. The highest BCUT2D eigenvalue weighted by Crippen LogP contribution is 2.20. The molecular formula is C19H22O5. The van der Waals surface area contributed by atoms with Crippen molar-refractivity contribution in [2.45, 2.75) is 12.2 Å². The van der Waals surface area contributed by atoms with Gasteiger partial charge in [-0.25, -0.2) is 4.79 Å². The minimum absolute atomic E-state index is 0.0772. The smallest absolute Gasteiger partial charge is 0.431 e. The molecule has 0 aliphatic carbocycles. The van der Waals surface area contributed by atoms with Gasteiger partial charge in [-0.3, -0.25) is 0 Å². The molecule has 2 unspecified atom stereocenters. The summed E-state index contributed by atoms with van der Waals surface area (Å²) in [5, 5.41) is 0. The fraction of sp³-hybridized carbons (Fsp3) is 0.316. The van der Waals surface area contributed by atoms with E-state index in [1.807, 2.05) is 60.7 Å². The zero-order valence-electron chi connectivity index (χ0n) is 13.9. The standard InChI is InChI=1S/C19H22O5/c1-21-13-18(16-11-7-4-8-12-16)24-19(20)23-14-17(22-2)15-9-5-3-6-10-15/h3-12,17-18H,13-14H2,1-2H3. The van der Waals surface area contributed by atoms with Crippen LogP contribution in [0.4, 0.5) is 4.79 Å². The Bertz CT molecular complexity index is 600. The van der Waals surface area contributed by atoms with Crippen LogP contribution in [0.3, 0.4) is 0 Å². The summed E-state index contributed by atoms with van der Waals surface area (Å²) in [7, 11) is 3.13. The van der Waals surface area contributed by atoms with E-state index in [2.05, 4.69) is 0 Å². The topological polar surface area (TPSA) is 54.0 Å². The lowest BCUT2D eigenvalue weighted by Crippen LogP contribution is -2.19. The Morgan fingerprint density at radius 1 is 0.833 bits per heavy atom. The van der Waals surface area contributed by atoms with Crippen LogP contribution in [0.15, 0.2) is 60.7 Å². The molecule has 0 bridgehead atoms. The molecule has 0 fully saturated rings. The molecule has 0 aromatic heterocycles. The average Bonchev–Trinajstić information content (AvgIpc) is 2.63. The summed E-state index contributed by atoms with van der Waals surface area (Å²) in [6.45, 7) is 0.333. The molecule has 2 aromatic carbocycles. The third kappa shape index (κ3) is 5.37. The molecule has 0 saturated heterocycles. The first-order valence-electron chi connectivity index (χ1n) is 7.69. The van der Waals surface area contributed by atoms with Gasteiger partial charge in [0.1, 0.15) is 12.7 Å². The fourth-order valence-corrected chi connectivity index (χ4v) is 2.28. The summed E-state index contributed by atoms with van der Waals surface area (Å²) in [4.78, 5) is 12.0. The van der Waals surface area contributed by atoms with E-state index >= 15 is 0 Å². The quantitative estimate of drug-likeness (QED) is 0.687. The SMILES string of the molecule is COCC(OC(=O)OCC(OC)c1ccccc1)c1ccccc1. The van der Waals surface area contributed by atoms with E-state index in [1.54, 1.807) is 14.2 Å². The Labute approximate surface area is 142 Å². The summed E-state index contributed by atoms with van der Waals surface area (Å²) < 4.78 is 21.1. The maximum absolute atomic E-state index is 12.0. The Balaban J connectivity index is 1.91. The summed E-state index contributed by atoms with van der Waals surface area (Å²) in [6, 6.07) is 19.0. The fourth-order valence-electron chi connectivity index (χ4n) is 2.28. The zero-order chi connectivity index (χ0) is 17.2. The molecule has 0 spiro atoms. The third-order valence-electron chi connectivity index (χ3n) is 3.54. The Hall–Kier alpha value is -2.37. The summed E-state index contributed by atoms with van der Waals surface area (Å²) in [6.07, 6.45) is -1.60. The Morgan fingerprint density at radius 2 is 1.38 bits per heavy atom. The first-order chi connectivity index (χ1) is 11.7. The lowest BCUT2D eigenvalue weighted by Gasteiger charge is -2.19. The van der Waals surface area contributed by atoms with E-state index in [-0.39, 0.29) is 19.3 Å². The molecule has 128 valence electrons. The number of carbonyl (C=O) groups is 1. The summed E-state index contributed by atoms with van der Waals surface area (Å²) in [5.41, 5.74) is 1.78. The molecule has 2 atom stereocenters. The van der Waals surface area contributed by atoms with Crippen LogP contribution in [0.1, 0.15) is 23.3 Å². The maximum atomic E-state index is 12.0. The van der Waals surface area contributed by atoms with Crippen LogP contribution < -0.4 is 0 Å². The first kappa shape index (κ1) is 18.0. The molecule has 5 heteroatoms. The van der Waals surface area contributed by atoms with Crippen molar-refractivity contribution >= 4 is 6.16 Å². The van der Waals surface area contributed by atoms with Crippen molar-refractivity contribution in [3.8, 4) is 0 Å². The van der Waals surface area contributed by atoms with Crippen LogP contribution in [0.25, 0.3) is 0 Å². The van der Waals surface area contributed by atoms with Crippen LogP contribution >= 0.6 is 0 Å². The second-order valence-corrected chi connectivity index (χ2v) is 5.17. The molecule has 0 N–H and O–H groups in total. The van der Waals surface area contributed by atoms with Crippen molar-refractivity contribution in [2.24, 2.45) is 0 Å². The van der Waals surface area contributed by atoms with Gasteiger partial charge < -0.3 is 18.9 Å². The molecule has 0 amide bonds. The van der Waals surface area contributed by atoms with Gasteiger partial charge in [-0.05, 0) is 11.1 Å². The molecule has 0 aliphatic heterocycles. The molecule has 0 radical (unpaired) electrons. The number of ether oxygens (including phenoxy) is 4. The zero-order valence-corrected chi connectivity index (χ0v) is 13.9. The second kappa shape index (κ2) is 9.70. The number of hydrogen-bond donors (Lipinski definition) is 0. The summed E-state index contributed by atoms with van der Waals surface area (Å²) >= 11 is 0. The number of rotatable bonds is 8. The van der Waals surface area contributed by atoms with Crippen molar-refractivity contribution in [1.29, 1.82) is 0 Å². The van der Waals surface area contributed by atoms with Crippen molar-refractivity contribution < 1.29 is 23.7 Å². The van der Waals surface area contributed by atoms with Gasteiger partial charge in [0.2, 0.25) is 0 Å². The van der Waals surface area contributed by atoms with Gasteiger partial charge in [0.05, 0.1) is 6.61 Å². The average molecular weight is 330 g/mol. The molecular weight excluding hydrogens is 308 g/mol. The number of benzene rings is 2. The Morgan fingerprint density at radius 3 is 1.88 bits per heavy atom. The lowest BCUT2D eigenvalue weighted by atomic mass is 10.1. The predicted molar refractivity (Wildman–Crippen MR) is 89.7 cm³/mol. The second-order valence-electron chi connectivity index (χ2n) is 5.17. The first-order valence-corrected chi connectivity index (χ1v) is 7.69. The highest BCUT2D eigenvalue weighted by Gasteiger charge is 2.19. The van der Waals surface area contributed by atoms with Crippen molar-refractivity contribution in [3.63, 3.8) is 0 Å². The van der Waals surface area contributed by atoms with Gasteiger partial charge in [0.15, 0.2) is 6.10 Å². The number of methoxy groups -OCH3 is 2. The van der Waals surface area contributed by atoms with E-state index in [9.17, 15) is 4.79 Å².